The Morgan fingerprint density at radius 1 is 1.32 bits per heavy atom. The summed E-state index contributed by atoms with van der Waals surface area (Å²) >= 11 is 0. The van der Waals surface area contributed by atoms with Crippen LogP contribution in [0.4, 0.5) is 5.69 Å². The van der Waals surface area contributed by atoms with Crippen LogP contribution in [0.25, 0.3) is 0 Å². The van der Waals surface area contributed by atoms with E-state index in [-0.39, 0.29) is 23.7 Å². The summed E-state index contributed by atoms with van der Waals surface area (Å²) in [5.74, 6) is 0.636. The van der Waals surface area contributed by atoms with Gasteiger partial charge in [0.25, 0.3) is 0 Å². The zero-order valence-electron chi connectivity index (χ0n) is 11.3. The second-order valence-electron chi connectivity index (χ2n) is 6.34. The van der Waals surface area contributed by atoms with E-state index < -0.39 is 0 Å². The molecule has 2 saturated heterocycles. The molecule has 2 N–H and O–H groups in total. The molecular formula is C15H19N3O. The molecule has 4 rings (SSSR count). The minimum atomic E-state index is -0.219. The van der Waals surface area contributed by atoms with Crippen LogP contribution in [0.3, 0.4) is 0 Å². The Bertz CT molecular complexity index is 554. The number of fused-ring (bicyclic) bond motifs is 5. The molecule has 1 amide bonds. The van der Waals surface area contributed by atoms with E-state index in [9.17, 15) is 4.79 Å². The fourth-order valence-corrected chi connectivity index (χ4v) is 4.05. The highest BCUT2D eigenvalue weighted by Gasteiger charge is 2.54. The van der Waals surface area contributed by atoms with Crippen LogP contribution in [0.2, 0.25) is 0 Å². The maximum Gasteiger partial charge on any atom is 0.241 e. The number of piperidine rings is 1. The van der Waals surface area contributed by atoms with E-state index in [4.69, 9.17) is 0 Å². The topological polar surface area (TPSA) is 44.4 Å². The van der Waals surface area contributed by atoms with Crippen LogP contribution in [0.5, 0.6) is 0 Å². The summed E-state index contributed by atoms with van der Waals surface area (Å²) in [5.41, 5.74) is 2.37. The van der Waals surface area contributed by atoms with Crippen molar-refractivity contribution in [3.8, 4) is 0 Å². The molecule has 0 aliphatic carbocycles. The summed E-state index contributed by atoms with van der Waals surface area (Å²) in [5, 5.41) is 6.70. The molecule has 2 fully saturated rings. The van der Waals surface area contributed by atoms with Gasteiger partial charge in [0.2, 0.25) is 5.91 Å². The van der Waals surface area contributed by atoms with Gasteiger partial charge in [0.05, 0.1) is 11.7 Å². The van der Waals surface area contributed by atoms with Gasteiger partial charge in [-0.05, 0) is 31.9 Å². The van der Waals surface area contributed by atoms with E-state index in [2.05, 4.69) is 53.6 Å². The minimum absolute atomic E-state index is 0.0406. The van der Waals surface area contributed by atoms with Crippen molar-refractivity contribution >= 4 is 11.6 Å². The molecule has 0 spiro atoms. The molecule has 3 atom stereocenters. The lowest BCUT2D eigenvalue weighted by atomic mass is 9.83. The molecule has 3 aliphatic rings. The van der Waals surface area contributed by atoms with Gasteiger partial charge in [-0.25, -0.2) is 0 Å². The summed E-state index contributed by atoms with van der Waals surface area (Å²) < 4.78 is 0. The summed E-state index contributed by atoms with van der Waals surface area (Å²) in [7, 11) is 0. The summed E-state index contributed by atoms with van der Waals surface area (Å²) in [6, 6.07) is 8.64. The van der Waals surface area contributed by atoms with Gasteiger partial charge in [0.15, 0.2) is 0 Å². The van der Waals surface area contributed by atoms with Crippen LogP contribution in [0, 0.1) is 0 Å². The van der Waals surface area contributed by atoms with E-state index in [0.29, 0.717) is 5.92 Å². The molecule has 100 valence electrons. The van der Waals surface area contributed by atoms with Crippen molar-refractivity contribution < 1.29 is 4.79 Å². The first-order valence-electron chi connectivity index (χ1n) is 7.02. The molecule has 0 saturated carbocycles. The maximum absolute atomic E-state index is 12.3. The number of hydrogen-bond donors (Lipinski definition) is 2. The number of benzene rings is 1. The quantitative estimate of drug-likeness (QED) is 0.740. The smallest absolute Gasteiger partial charge is 0.241 e. The summed E-state index contributed by atoms with van der Waals surface area (Å²) in [6.45, 7) is 5.16. The first-order valence-corrected chi connectivity index (χ1v) is 7.02. The fourth-order valence-electron chi connectivity index (χ4n) is 4.05. The van der Waals surface area contributed by atoms with Crippen LogP contribution in [0.1, 0.15) is 31.7 Å². The Morgan fingerprint density at radius 3 is 2.95 bits per heavy atom. The average Bonchev–Trinajstić information content (AvgIpc) is 2.85. The monoisotopic (exact) mass is 257 g/mol. The van der Waals surface area contributed by atoms with Crippen molar-refractivity contribution in [2.24, 2.45) is 0 Å². The van der Waals surface area contributed by atoms with Gasteiger partial charge in [-0.3, -0.25) is 9.69 Å². The van der Waals surface area contributed by atoms with E-state index in [0.717, 1.165) is 13.0 Å². The Balaban J connectivity index is 1.74. The highest BCUT2D eigenvalue weighted by molar-refractivity contribution is 5.87. The van der Waals surface area contributed by atoms with E-state index in [1.165, 1.54) is 11.3 Å². The third-order valence-corrected chi connectivity index (χ3v) is 4.89. The van der Waals surface area contributed by atoms with E-state index in [1.54, 1.807) is 0 Å². The van der Waals surface area contributed by atoms with Gasteiger partial charge >= 0.3 is 0 Å². The SMILES string of the molecule is CC1(C)NC(=O)C2C3Nc4ccccc4C3CCN21. The Kier molecular flexibility index (Phi) is 2.09. The van der Waals surface area contributed by atoms with Gasteiger partial charge in [-0.1, -0.05) is 18.2 Å². The predicted molar refractivity (Wildman–Crippen MR) is 73.9 cm³/mol. The molecule has 3 unspecified atom stereocenters. The number of nitrogens with zero attached hydrogens (tertiary/aromatic N) is 1. The zero-order valence-corrected chi connectivity index (χ0v) is 11.3. The molecule has 1 aromatic rings. The number of para-hydroxylation sites is 1. The van der Waals surface area contributed by atoms with Crippen molar-refractivity contribution in [3.05, 3.63) is 29.8 Å². The van der Waals surface area contributed by atoms with Gasteiger partial charge in [0.1, 0.15) is 6.04 Å². The number of hydrogen-bond acceptors (Lipinski definition) is 3. The lowest BCUT2D eigenvalue weighted by Crippen LogP contribution is -2.56. The normalized spacial score (nSPS) is 35.1. The third-order valence-electron chi connectivity index (χ3n) is 4.89. The van der Waals surface area contributed by atoms with Crippen LogP contribution in [-0.2, 0) is 4.79 Å². The molecule has 0 radical (unpaired) electrons. The highest BCUT2D eigenvalue weighted by atomic mass is 16.2. The van der Waals surface area contributed by atoms with Gasteiger partial charge < -0.3 is 10.6 Å². The Labute approximate surface area is 113 Å². The number of carbonyl (C=O) groups excluding carboxylic acids is 1. The summed E-state index contributed by atoms with van der Waals surface area (Å²) in [6.07, 6.45) is 1.11. The van der Waals surface area contributed by atoms with E-state index in [1.807, 2.05) is 0 Å². The average molecular weight is 257 g/mol. The number of carbonyl (C=O) groups is 1. The van der Waals surface area contributed by atoms with Crippen LogP contribution < -0.4 is 10.6 Å². The molecule has 19 heavy (non-hydrogen) atoms. The zero-order chi connectivity index (χ0) is 13.2. The van der Waals surface area contributed by atoms with E-state index >= 15 is 0 Å². The second-order valence-corrected chi connectivity index (χ2v) is 6.34. The maximum atomic E-state index is 12.3. The van der Waals surface area contributed by atoms with Crippen molar-refractivity contribution in [2.75, 3.05) is 11.9 Å². The summed E-state index contributed by atoms with van der Waals surface area (Å²) in [4.78, 5) is 14.6. The molecule has 3 aliphatic heterocycles. The van der Waals surface area contributed by atoms with Gasteiger partial charge in [-0.15, -0.1) is 0 Å². The lowest BCUT2D eigenvalue weighted by Gasteiger charge is -2.42. The lowest BCUT2D eigenvalue weighted by molar-refractivity contribution is -0.122. The van der Waals surface area contributed by atoms with Crippen LogP contribution in [-0.4, -0.2) is 35.1 Å². The predicted octanol–water partition coefficient (Wildman–Crippen LogP) is 1.50. The fraction of sp³-hybridized carbons (Fsp3) is 0.533. The van der Waals surface area contributed by atoms with Gasteiger partial charge in [-0.2, -0.15) is 0 Å². The minimum Gasteiger partial charge on any atom is -0.379 e. The highest BCUT2D eigenvalue weighted by Crippen LogP contribution is 2.45. The Hall–Kier alpha value is -1.55. The van der Waals surface area contributed by atoms with Crippen molar-refractivity contribution in [2.45, 2.75) is 43.9 Å². The third kappa shape index (κ3) is 1.40. The number of rotatable bonds is 0. The van der Waals surface area contributed by atoms with Crippen molar-refractivity contribution in [1.82, 2.24) is 10.2 Å². The van der Waals surface area contributed by atoms with Gasteiger partial charge in [0, 0.05) is 18.2 Å². The van der Waals surface area contributed by atoms with Crippen LogP contribution in [0.15, 0.2) is 24.3 Å². The van der Waals surface area contributed by atoms with Crippen molar-refractivity contribution in [1.29, 1.82) is 0 Å². The molecular weight excluding hydrogens is 238 g/mol. The Morgan fingerprint density at radius 2 is 2.11 bits per heavy atom. The molecule has 1 aromatic carbocycles. The molecule has 3 heterocycles. The molecule has 4 heteroatoms. The number of amides is 1. The standard InChI is InChI=1S/C15H19N3O/c1-15(2)17-14(19)13-12-10(7-8-18(13)15)9-5-3-4-6-11(9)16-12/h3-6,10,12-13,16H,7-8H2,1-2H3,(H,17,19). The second kappa shape index (κ2) is 3.51. The first kappa shape index (κ1) is 11.3. The largest absolute Gasteiger partial charge is 0.379 e. The molecule has 0 aromatic heterocycles. The molecule has 0 bridgehead atoms. The first-order chi connectivity index (χ1) is 9.08. The number of anilines is 1. The molecule has 4 nitrogen and oxygen atoms in total. The van der Waals surface area contributed by atoms with Crippen LogP contribution >= 0.6 is 0 Å². The van der Waals surface area contributed by atoms with Crippen molar-refractivity contribution in [3.63, 3.8) is 0 Å². The number of nitrogens with one attached hydrogen (secondary N) is 2.